The zero-order valence-electron chi connectivity index (χ0n) is 14.8. The number of nitrogens with two attached hydrogens (primary N) is 1. The number of benzene rings is 2. The van der Waals surface area contributed by atoms with E-state index in [2.05, 4.69) is 20.7 Å². The van der Waals surface area contributed by atoms with Crippen molar-refractivity contribution in [3.8, 4) is 11.4 Å². The Kier molecular flexibility index (Phi) is 5.39. The van der Waals surface area contributed by atoms with Crippen molar-refractivity contribution in [2.75, 3.05) is 0 Å². The first-order valence-electron chi connectivity index (χ1n) is 8.26. The Labute approximate surface area is 158 Å². The first kappa shape index (κ1) is 19.1. The zero-order valence-corrected chi connectivity index (χ0v) is 14.8. The fourth-order valence-electron chi connectivity index (χ4n) is 2.56. The first-order valence-corrected chi connectivity index (χ1v) is 8.26. The molecule has 10 heteroatoms. The predicted octanol–water partition coefficient (Wildman–Crippen LogP) is 1.59. The summed E-state index contributed by atoms with van der Waals surface area (Å²) in [4.78, 5) is 24.3. The van der Waals surface area contributed by atoms with Crippen LogP contribution in [0, 0.1) is 11.6 Å². The molecule has 28 heavy (non-hydrogen) atoms. The van der Waals surface area contributed by atoms with E-state index in [1.165, 1.54) is 18.2 Å². The number of hydrogen-bond acceptors (Lipinski definition) is 5. The number of nitrogens with one attached hydrogen (secondary N) is 1. The van der Waals surface area contributed by atoms with Gasteiger partial charge in [0.25, 0.3) is 0 Å². The van der Waals surface area contributed by atoms with Gasteiger partial charge in [-0.3, -0.25) is 9.59 Å². The highest BCUT2D eigenvalue weighted by molar-refractivity contribution is 5.93. The van der Waals surface area contributed by atoms with E-state index in [1.807, 2.05) is 0 Å². The average Bonchev–Trinajstić information content (AvgIpc) is 3.09. The summed E-state index contributed by atoms with van der Waals surface area (Å²) in [5.74, 6) is -2.19. The molecule has 0 aliphatic rings. The van der Waals surface area contributed by atoms with E-state index in [-0.39, 0.29) is 17.9 Å². The van der Waals surface area contributed by atoms with Gasteiger partial charge in [-0.1, -0.05) is 18.2 Å². The lowest BCUT2D eigenvalue weighted by Gasteiger charge is -2.14. The zero-order chi connectivity index (χ0) is 20.3. The Morgan fingerprint density at radius 2 is 1.89 bits per heavy atom. The summed E-state index contributed by atoms with van der Waals surface area (Å²) >= 11 is 0. The van der Waals surface area contributed by atoms with Gasteiger partial charge in [0.2, 0.25) is 17.6 Å². The summed E-state index contributed by atoms with van der Waals surface area (Å²) < 4.78 is 26.8. The summed E-state index contributed by atoms with van der Waals surface area (Å²) in [5, 5.41) is 14.3. The molecule has 3 rings (SSSR count). The maximum absolute atomic E-state index is 13.8. The molecule has 0 aliphatic carbocycles. The summed E-state index contributed by atoms with van der Waals surface area (Å²) in [6.07, 6.45) is 0. The Hall–Kier alpha value is -3.69. The van der Waals surface area contributed by atoms with Gasteiger partial charge in [-0.05, 0) is 30.3 Å². The van der Waals surface area contributed by atoms with Crippen LogP contribution in [0.25, 0.3) is 11.4 Å². The highest BCUT2D eigenvalue weighted by Crippen LogP contribution is 2.18. The molecule has 0 aliphatic heterocycles. The number of tetrazole rings is 1. The Morgan fingerprint density at radius 1 is 1.18 bits per heavy atom. The molecule has 0 saturated carbocycles. The molecule has 3 aromatic rings. The molecular weight excluding hydrogens is 370 g/mol. The maximum atomic E-state index is 13.8. The Morgan fingerprint density at radius 3 is 2.54 bits per heavy atom. The van der Waals surface area contributed by atoms with Crippen molar-refractivity contribution < 1.29 is 18.4 Å². The molecule has 3 N–H and O–H groups in total. The molecule has 2 amide bonds. The highest BCUT2D eigenvalue weighted by atomic mass is 19.1. The second kappa shape index (κ2) is 7.91. The van der Waals surface area contributed by atoms with Crippen LogP contribution in [0.15, 0.2) is 42.5 Å². The van der Waals surface area contributed by atoms with Crippen molar-refractivity contribution in [1.82, 2.24) is 25.5 Å². The van der Waals surface area contributed by atoms with Gasteiger partial charge >= 0.3 is 0 Å². The van der Waals surface area contributed by atoms with E-state index >= 15 is 0 Å². The first-order chi connectivity index (χ1) is 13.3. The second-order valence-corrected chi connectivity index (χ2v) is 6.04. The molecule has 0 spiro atoms. The molecule has 1 heterocycles. The molecule has 1 aromatic heterocycles. The van der Waals surface area contributed by atoms with Gasteiger partial charge in [-0.25, -0.2) is 8.78 Å². The third-order valence-corrected chi connectivity index (χ3v) is 3.97. The molecule has 1 atom stereocenters. The molecule has 0 saturated heterocycles. The fourth-order valence-corrected chi connectivity index (χ4v) is 2.56. The van der Waals surface area contributed by atoms with E-state index in [4.69, 9.17) is 5.73 Å². The number of halogens is 2. The van der Waals surface area contributed by atoms with Crippen LogP contribution in [0.1, 0.15) is 28.9 Å². The lowest BCUT2D eigenvalue weighted by molar-refractivity contribution is -0.122. The molecule has 0 bridgehead atoms. The van der Waals surface area contributed by atoms with Crippen LogP contribution >= 0.6 is 0 Å². The second-order valence-electron chi connectivity index (χ2n) is 6.04. The summed E-state index contributed by atoms with van der Waals surface area (Å²) in [5.41, 5.74) is 6.29. The van der Waals surface area contributed by atoms with Gasteiger partial charge < -0.3 is 11.1 Å². The number of carbonyl (C=O) groups excluding carboxylic acids is 2. The van der Waals surface area contributed by atoms with E-state index in [0.717, 1.165) is 16.9 Å². The third-order valence-electron chi connectivity index (χ3n) is 3.97. The topological polar surface area (TPSA) is 116 Å². The average molecular weight is 386 g/mol. The third kappa shape index (κ3) is 4.34. The number of rotatable bonds is 6. The molecule has 0 fully saturated rings. The number of primary amides is 1. The van der Waals surface area contributed by atoms with Crippen LogP contribution in [0.5, 0.6) is 0 Å². The van der Waals surface area contributed by atoms with E-state index in [0.29, 0.717) is 11.1 Å². The van der Waals surface area contributed by atoms with Crippen molar-refractivity contribution in [2.24, 2.45) is 5.73 Å². The summed E-state index contributed by atoms with van der Waals surface area (Å²) in [6.45, 7) is 1.34. The van der Waals surface area contributed by atoms with Crippen molar-refractivity contribution in [2.45, 2.75) is 19.5 Å². The monoisotopic (exact) mass is 386 g/mol. The van der Waals surface area contributed by atoms with Crippen molar-refractivity contribution >= 4 is 11.8 Å². The lowest BCUT2D eigenvalue weighted by Crippen LogP contribution is -2.31. The van der Waals surface area contributed by atoms with Gasteiger partial charge in [-0.2, -0.15) is 4.80 Å². The number of hydrogen-bond donors (Lipinski definition) is 2. The van der Waals surface area contributed by atoms with Crippen LogP contribution in [0.4, 0.5) is 8.78 Å². The van der Waals surface area contributed by atoms with Crippen LogP contribution in [0.2, 0.25) is 0 Å². The number of nitrogens with zero attached hydrogens (tertiary/aromatic N) is 4. The van der Waals surface area contributed by atoms with Crippen LogP contribution in [0.3, 0.4) is 0 Å². The minimum absolute atomic E-state index is 0.163. The molecule has 0 unspecified atom stereocenters. The van der Waals surface area contributed by atoms with E-state index in [1.54, 1.807) is 19.1 Å². The van der Waals surface area contributed by atoms with Gasteiger partial charge in [0.15, 0.2) is 0 Å². The number of aromatic nitrogens is 4. The van der Waals surface area contributed by atoms with Gasteiger partial charge in [0.05, 0.1) is 6.04 Å². The molecule has 8 nitrogen and oxygen atoms in total. The highest BCUT2D eigenvalue weighted by Gasteiger charge is 2.16. The van der Waals surface area contributed by atoms with Gasteiger partial charge in [0, 0.05) is 22.8 Å². The lowest BCUT2D eigenvalue weighted by atomic mass is 10.1. The molecule has 0 radical (unpaired) electrons. The number of carbonyl (C=O) groups is 2. The SMILES string of the molecule is C[C@@H](NC(=O)Cn1nnc(-c2ccc(C(N)=O)cc2)n1)c1ccc(F)cc1F. The quantitative estimate of drug-likeness (QED) is 0.668. The van der Waals surface area contributed by atoms with Crippen LogP contribution in [-0.4, -0.2) is 32.0 Å². The van der Waals surface area contributed by atoms with Crippen molar-refractivity contribution in [3.05, 3.63) is 65.2 Å². The van der Waals surface area contributed by atoms with Gasteiger partial charge in [0.1, 0.15) is 18.2 Å². The van der Waals surface area contributed by atoms with Gasteiger partial charge in [-0.15, -0.1) is 10.2 Å². The van der Waals surface area contributed by atoms with E-state index in [9.17, 15) is 18.4 Å². The van der Waals surface area contributed by atoms with Crippen molar-refractivity contribution in [3.63, 3.8) is 0 Å². The fraction of sp³-hybridized carbons (Fsp3) is 0.167. The molecular formula is C18H16F2N6O2. The maximum Gasteiger partial charge on any atom is 0.248 e. The van der Waals surface area contributed by atoms with E-state index < -0.39 is 29.5 Å². The summed E-state index contributed by atoms with van der Waals surface area (Å²) in [6, 6.07) is 8.77. The summed E-state index contributed by atoms with van der Waals surface area (Å²) in [7, 11) is 0. The van der Waals surface area contributed by atoms with Crippen LogP contribution < -0.4 is 11.1 Å². The molecule has 144 valence electrons. The minimum atomic E-state index is -0.742. The largest absolute Gasteiger partial charge is 0.366 e. The Bertz CT molecular complexity index is 1020. The van der Waals surface area contributed by atoms with Crippen LogP contribution in [-0.2, 0) is 11.3 Å². The standard InChI is InChI=1S/C18H16F2N6O2/c1-10(14-7-6-13(19)8-15(14)20)22-16(27)9-26-24-18(23-25-26)12-4-2-11(3-5-12)17(21)28/h2-8,10H,9H2,1H3,(H2,21,28)(H,22,27)/t10-/m1/s1. The molecule has 2 aromatic carbocycles. The predicted molar refractivity (Wildman–Crippen MR) is 94.7 cm³/mol. The number of amides is 2. The smallest absolute Gasteiger partial charge is 0.248 e. The van der Waals surface area contributed by atoms with Crippen molar-refractivity contribution in [1.29, 1.82) is 0 Å². The Balaban J connectivity index is 1.64. The minimum Gasteiger partial charge on any atom is -0.366 e. The normalized spacial score (nSPS) is 11.8.